The number of benzene rings is 5. The molecular formula is C44H39BrN6O2. The van der Waals surface area contributed by atoms with Gasteiger partial charge in [-0.05, 0) is 68.4 Å². The fourth-order valence-electron chi connectivity index (χ4n) is 7.29. The summed E-state index contributed by atoms with van der Waals surface area (Å²) < 4.78 is 13.0. The van der Waals surface area contributed by atoms with Crippen molar-refractivity contribution in [1.29, 1.82) is 0 Å². The Morgan fingerprint density at radius 3 is 2.04 bits per heavy atom. The van der Waals surface area contributed by atoms with Crippen LogP contribution in [0.5, 0.6) is 0 Å². The molecule has 0 aliphatic rings. The minimum absolute atomic E-state index is 0.492. The lowest BCUT2D eigenvalue weighted by Gasteiger charge is -2.34. The maximum Gasteiger partial charge on any atom is 0.205 e. The van der Waals surface area contributed by atoms with E-state index in [9.17, 15) is 0 Å². The third kappa shape index (κ3) is 6.40. The van der Waals surface area contributed by atoms with Crippen molar-refractivity contribution in [3.05, 3.63) is 177 Å². The summed E-state index contributed by atoms with van der Waals surface area (Å²) in [5.74, 6) is 1.20. The average Bonchev–Trinajstić information content (AvgIpc) is 3.94. The maximum absolute atomic E-state index is 6.59. The second kappa shape index (κ2) is 15.1. The highest BCUT2D eigenvalue weighted by molar-refractivity contribution is 9.10. The molecular weight excluding hydrogens is 724 g/mol. The first-order valence-corrected chi connectivity index (χ1v) is 18.7. The number of aromatic amines is 1. The van der Waals surface area contributed by atoms with Crippen molar-refractivity contribution in [3.63, 3.8) is 0 Å². The van der Waals surface area contributed by atoms with E-state index in [4.69, 9.17) is 24.6 Å². The van der Waals surface area contributed by atoms with E-state index in [0.29, 0.717) is 18.2 Å². The number of tetrazole rings is 1. The summed E-state index contributed by atoms with van der Waals surface area (Å²) in [4.78, 5) is 1.75. The second-order valence-corrected chi connectivity index (χ2v) is 14.0. The molecule has 0 aliphatic heterocycles. The van der Waals surface area contributed by atoms with Crippen molar-refractivity contribution in [2.75, 3.05) is 7.11 Å². The molecule has 0 saturated carbocycles. The van der Waals surface area contributed by atoms with Crippen LogP contribution in [0.15, 0.2) is 142 Å². The lowest BCUT2D eigenvalue weighted by molar-refractivity contribution is 0.181. The molecule has 0 bridgehead atoms. The number of unbranched alkanes of at least 4 members (excludes halogenated alkanes) is 1. The van der Waals surface area contributed by atoms with Crippen molar-refractivity contribution in [1.82, 2.24) is 30.4 Å². The van der Waals surface area contributed by atoms with Gasteiger partial charge in [-0.25, -0.2) is 0 Å². The standard InChI is InChI=1S/C44H39BrN6O2/c1-3-4-24-38-36(39(29-52-2)47-46-38)27-30-25-26-40-37(28-30)41(45)42(53-40)34-22-14-15-23-35(34)43-48-50-51(49-43)44(31-16-8-5-9-17-31,32-18-10-6-11-19-32)33-20-12-7-13-21-33/h5-23,25-26,28H,3-4,24,27,29H2,1-2H3,(H,46,47). The molecule has 0 spiro atoms. The smallest absolute Gasteiger partial charge is 0.205 e. The molecule has 3 heterocycles. The molecule has 0 amide bonds. The van der Waals surface area contributed by atoms with E-state index in [-0.39, 0.29) is 0 Å². The summed E-state index contributed by atoms with van der Waals surface area (Å²) >= 11 is 3.93. The number of nitrogens with one attached hydrogen (secondary N) is 1. The van der Waals surface area contributed by atoms with Gasteiger partial charge in [-0.1, -0.05) is 135 Å². The average molecular weight is 764 g/mol. The van der Waals surface area contributed by atoms with Gasteiger partial charge in [0.25, 0.3) is 0 Å². The number of halogens is 1. The zero-order valence-corrected chi connectivity index (χ0v) is 31.3. The van der Waals surface area contributed by atoms with Gasteiger partial charge in [-0.2, -0.15) is 5.10 Å². The quantitative estimate of drug-likeness (QED) is 0.118. The Kier molecular flexibility index (Phi) is 9.84. The number of methoxy groups -OCH3 is 1. The van der Waals surface area contributed by atoms with Crippen LogP contribution < -0.4 is 0 Å². The molecule has 53 heavy (non-hydrogen) atoms. The minimum atomic E-state index is -0.880. The van der Waals surface area contributed by atoms with Gasteiger partial charge in [0.05, 0.1) is 22.5 Å². The first-order chi connectivity index (χ1) is 26.1. The molecule has 9 heteroatoms. The van der Waals surface area contributed by atoms with Gasteiger partial charge in [0.2, 0.25) is 5.82 Å². The van der Waals surface area contributed by atoms with Gasteiger partial charge in [-0.3, -0.25) is 5.10 Å². The fraction of sp³-hybridized carbons (Fsp3) is 0.182. The Morgan fingerprint density at radius 2 is 1.42 bits per heavy atom. The van der Waals surface area contributed by atoms with Crippen molar-refractivity contribution in [2.24, 2.45) is 0 Å². The molecule has 8 nitrogen and oxygen atoms in total. The third-order valence-electron chi connectivity index (χ3n) is 9.87. The molecule has 0 unspecified atom stereocenters. The molecule has 0 aliphatic carbocycles. The molecule has 0 saturated heterocycles. The van der Waals surface area contributed by atoms with E-state index in [1.54, 1.807) is 11.9 Å². The number of hydrogen-bond donors (Lipinski definition) is 1. The highest BCUT2D eigenvalue weighted by atomic mass is 79.9. The second-order valence-electron chi connectivity index (χ2n) is 13.2. The number of H-pyrrole nitrogens is 1. The van der Waals surface area contributed by atoms with Crippen LogP contribution in [0.25, 0.3) is 33.7 Å². The summed E-state index contributed by atoms with van der Waals surface area (Å²) in [6.07, 6.45) is 3.89. The molecule has 8 aromatic rings. The molecule has 8 rings (SSSR count). The molecule has 0 radical (unpaired) electrons. The lowest BCUT2D eigenvalue weighted by atomic mass is 9.77. The van der Waals surface area contributed by atoms with Gasteiger partial charge in [0.15, 0.2) is 5.54 Å². The highest BCUT2D eigenvalue weighted by Gasteiger charge is 2.41. The Hall–Kier alpha value is -5.64. The predicted octanol–water partition coefficient (Wildman–Crippen LogP) is 10.2. The number of aryl methyl sites for hydroxylation is 1. The number of aromatic nitrogens is 6. The van der Waals surface area contributed by atoms with Crippen LogP contribution in [0.1, 0.15) is 59.0 Å². The van der Waals surface area contributed by atoms with Crippen LogP contribution in [0.3, 0.4) is 0 Å². The first-order valence-electron chi connectivity index (χ1n) is 17.9. The van der Waals surface area contributed by atoms with Crippen LogP contribution in [0.2, 0.25) is 0 Å². The molecule has 0 atom stereocenters. The summed E-state index contributed by atoms with van der Waals surface area (Å²) in [6, 6.07) is 45.5. The number of hydrogen-bond acceptors (Lipinski definition) is 6. The van der Waals surface area contributed by atoms with Crippen LogP contribution in [-0.4, -0.2) is 37.5 Å². The summed E-state index contributed by atoms with van der Waals surface area (Å²) in [6.45, 7) is 2.70. The number of ether oxygens (including phenoxy) is 1. The third-order valence-corrected chi connectivity index (χ3v) is 10.7. The normalized spacial score (nSPS) is 11.8. The zero-order valence-electron chi connectivity index (χ0n) is 29.7. The number of rotatable bonds is 13. The number of nitrogens with zero attached hydrogens (tertiary/aromatic N) is 5. The topological polar surface area (TPSA) is 94.6 Å². The van der Waals surface area contributed by atoms with Gasteiger partial charge < -0.3 is 9.15 Å². The molecule has 1 N–H and O–H groups in total. The Balaban J connectivity index is 1.21. The Morgan fingerprint density at radius 1 is 0.792 bits per heavy atom. The van der Waals surface area contributed by atoms with E-state index in [1.165, 1.54) is 11.1 Å². The molecule has 3 aromatic heterocycles. The molecule has 5 aromatic carbocycles. The summed E-state index contributed by atoms with van der Waals surface area (Å²) in [7, 11) is 1.71. The summed E-state index contributed by atoms with van der Waals surface area (Å²) in [5.41, 5.74) is 9.14. The van der Waals surface area contributed by atoms with Crippen molar-refractivity contribution >= 4 is 26.9 Å². The zero-order chi connectivity index (χ0) is 36.2. The van der Waals surface area contributed by atoms with Gasteiger partial charge >= 0.3 is 0 Å². The SMILES string of the molecule is CCCCc1n[nH]c(COC)c1Cc1ccc2oc(-c3ccccc3-c3nnn(C(c4ccccc4)(c4ccccc4)c4ccccc4)n3)c(Br)c2c1. The number of furan rings is 1. The van der Waals surface area contributed by atoms with E-state index in [1.807, 2.05) is 84.9 Å². The van der Waals surface area contributed by atoms with Crippen LogP contribution in [-0.2, 0) is 29.7 Å². The van der Waals surface area contributed by atoms with Crippen molar-refractivity contribution in [3.8, 4) is 22.7 Å². The Labute approximate surface area is 317 Å². The largest absolute Gasteiger partial charge is 0.455 e. The minimum Gasteiger partial charge on any atom is -0.455 e. The Bertz CT molecular complexity index is 2360. The maximum atomic E-state index is 6.59. The molecule has 264 valence electrons. The lowest BCUT2D eigenvalue weighted by Crippen LogP contribution is -2.39. The predicted molar refractivity (Wildman–Crippen MR) is 211 cm³/mol. The van der Waals surface area contributed by atoms with Crippen LogP contribution in [0.4, 0.5) is 0 Å². The first kappa shape index (κ1) is 34.4. The van der Waals surface area contributed by atoms with E-state index >= 15 is 0 Å². The monoisotopic (exact) mass is 762 g/mol. The van der Waals surface area contributed by atoms with Crippen molar-refractivity contribution in [2.45, 2.75) is 44.8 Å². The van der Waals surface area contributed by atoms with E-state index in [0.717, 1.165) is 80.3 Å². The van der Waals surface area contributed by atoms with E-state index < -0.39 is 5.54 Å². The van der Waals surface area contributed by atoms with Gasteiger partial charge in [0, 0.05) is 35.6 Å². The number of fused-ring (bicyclic) bond motifs is 1. The van der Waals surface area contributed by atoms with Crippen LogP contribution >= 0.6 is 15.9 Å². The highest BCUT2D eigenvalue weighted by Crippen LogP contribution is 2.43. The van der Waals surface area contributed by atoms with Gasteiger partial charge in [-0.15, -0.1) is 15.0 Å². The fourth-order valence-corrected chi connectivity index (χ4v) is 7.90. The van der Waals surface area contributed by atoms with Crippen LogP contribution in [0, 0.1) is 0 Å². The van der Waals surface area contributed by atoms with Crippen molar-refractivity contribution < 1.29 is 9.15 Å². The van der Waals surface area contributed by atoms with E-state index in [2.05, 4.69) is 81.6 Å². The summed E-state index contributed by atoms with van der Waals surface area (Å²) in [5, 5.41) is 23.6. The van der Waals surface area contributed by atoms with Gasteiger partial charge in [0.1, 0.15) is 11.3 Å². The molecule has 0 fully saturated rings.